The van der Waals surface area contributed by atoms with Gasteiger partial charge in [0, 0.05) is 17.8 Å². The van der Waals surface area contributed by atoms with Gasteiger partial charge in [-0.1, -0.05) is 44.4 Å². The molecule has 188 valence electrons. The van der Waals surface area contributed by atoms with Crippen molar-refractivity contribution in [3.8, 4) is 0 Å². The second-order valence-electron chi connectivity index (χ2n) is 10.8. The predicted molar refractivity (Wildman–Crippen MR) is 134 cm³/mol. The van der Waals surface area contributed by atoms with E-state index in [1.807, 2.05) is 58.0 Å². The second-order valence-corrected chi connectivity index (χ2v) is 10.8. The Labute approximate surface area is 207 Å². The van der Waals surface area contributed by atoms with Crippen molar-refractivity contribution >= 4 is 23.4 Å². The van der Waals surface area contributed by atoms with E-state index in [4.69, 9.17) is 4.74 Å². The molecule has 2 saturated heterocycles. The van der Waals surface area contributed by atoms with Crippen molar-refractivity contribution < 1.29 is 19.1 Å². The molecule has 1 aliphatic carbocycles. The van der Waals surface area contributed by atoms with Crippen LogP contribution in [0.2, 0.25) is 0 Å². The predicted octanol–water partition coefficient (Wildman–Crippen LogP) is 3.64. The van der Waals surface area contributed by atoms with Gasteiger partial charge >= 0.3 is 0 Å². The molecular formula is C28H37N3O4. The Morgan fingerprint density at radius 3 is 2.57 bits per heavy atom. The van der Waals surface area contributed by atoms with Crippen LogP contribution >= 0.6 is 0 Å². The fraction of sp³-hybridized carbons (Fsp3) is 0.607. The van der Waals surface area contributed by atoms with Crippen LogP contribution in [0.25, 0.3) is 0 Å². The molecule has 3 aliphatic heterocycles. The van der Waals surface area contributed by atoms with Gasteiger partial charge in [-0.2, -0.15) is 0 Å². The van der Waals surface area contributed by atoms with Crippen LogP contribution in [0, 0.1) is 25.7 Å². The summed E-state index contributed by atoms with van der Waals surface area (Å²) in [6.07, 6.45) is 9.30. The number of amides is 3. The van der Waals surface area contributed by atoms with Gasteiger partial charge in [0.15, 0.2) is 0 Å². The molecule has 4 aliphatic rings. The molecule has 3 fully saturated rings. The molecule has 1 spiro atoms. The number of ether oxygens (including phenoxy) is 1. The van der Waals surface area contributed by atoms with E-state index in [-0.39, 0.29) is 29.8 Å². The van der Waals surface area contributed by atoms with Crippen molar-refractivity contribution in [1.29, 1.82) is 0 Å². The van der Waals surface area contributed by atoms with Gasteiger partial charge < -0.3 is 20.3 Å². The number of hydrogen-bond acceptors (Lipinski definition) is 4. The molecular weight excluding hydrogens is 442 g/mol. The van der Waals surface area contributed by atoms with Gasteiger partial charge in [0.1, 0.15) is 11.6 Å². The van der Waals surface area contributed by atoms with Crippen LogP contribution in [0.4, 0.5) is 5.69 Å². The number of carbonyl (C=O) groups is 3. The Morgan fingerprint density at radius 2 is 1.89 bits per heavy atom. The van der Waals surface area contributed by atoms with Gasteiger partial charge in [0.05, 0.1) is 17.9 Å². The van der Waals surface area contributed by atoms with Crippen LogP contribution in [0.15, 0.2) is 30.4 Å². The van der Waals surface area contributed by atoms with Crippen LogP contribution in [-0.2, 0) is 19.1 Å². The van der Waals surface area contributed by atoms with Crippen molar-refractivity contribution in [3.05, 3.63) is 41.5 Å². The Morgan fingerprint density at radius 1 is 1.14 bits per heavy atom. The highest BCUT2D eigenvalue weighted by molar-refractivity contribution is 6.03. The Balaban J connectivity index is 1.44. The highest BCUT2D eigenvalue weighted by atomic mass is 16.5. The number of nitrogens with zero attached hydrogens (tertiary/aromatic N) is 1. The lowest BCUT2D eigenvalue weighted by Crippen LogP contribution is -2.58. The van der Waals surface area contributed by atoms with E-state index in [1.54, 1.807) is 4.90 Å². The van der Waals surface area contributed by atoms with E-state index in [1.165, 1.54) is 6.42 Å². The quantitative estimate of drug-likeness (QED) is 0.610. The fourth-order valence-electron chi connectivity index (χ4n) is 6.45. The van der Waals surface area contributed by atoms with Crippen molar-refractivity contribution in [2.75, 3.05) is 5.32 Å². The second kappa shape index (κ2) is 9.08. The van der Waals surface area contributed by atoms with E-state index < -0.39 is 29.6 Å². The molecule has 6 atom stereocenters. The fourth-order valence-corrected chi connectivity index (χ4v) is 6.45. The van der Waals surface area contributed by atoms with Gasteiger partial charge in [-0.05, 0) is 63.3 Å². The molecule has 2 bridgehead atoms. The molecule has 2 N–H and O–H groups in total. The first-order chi connectivity index (χ1) is 16.8. The number of likely N-dealkylation sites (tertiary alicyclic amines) is 1. The third-order valence-electron chi connectivity index (χ3n) is 8.65. The average molecular weight is 480 g/mol. The first-order valence-electron chi connectivity index (χ1n) is 13.1. The van der Waals surface area contributed by atoms with Crippen LogP contribution < -0.4 is 10.6 Å². The van der Waals surface area contributed by atoms with E-state index in [2.05, 4.69) is 10.6 Å². The number of hydrogen-bond donors (Lipinski definition) is 2. The summed E-state index contributed by atoms with van der Waals surface area (Å²) < 4.78 is 6.42. The normalized spacial score (nSPS) is 32.6. The summed E-state index contributed by atoms with van der Waals surface area (Å²) in [5, 5.41) is 6.24. The maximum absolute atomic E-state index is 13.9. The molecule has 5 rings (SSSR count). The number of fused-ring (bicyclic) bond motifs is 1. The van der Waals surface area contributed by atoms with Gasteiger partial charge in [-0.15, -0.1) is 0 Å². The molecule has 7 heteroatoms. The zero-order valence-electron chi connectivity index (χ0n) is 21.2. The summed E-state index contributed by atoms with van der Waals surface area (Å²) in [6, 6.07) is 5.02. The van der Waals surface area contributed by atoms with E-state index >= 15 is 0 Å². The number of benzene rings is 1. The van der Waals surface area contributed by atoms with Crippen LogP contribution in [0.5, 0.6) is 0 Å². The number of nitrogens with one attached hydrogen (secondary N) is 2. The minimum absolute atomic E-state index is 0.132. The zero-order chi connectivity index (χ0) is 24.9. The van der Waals surface area contributed by atoms with Gasteiger partial charge in [0.25, 0.3) is 0 Å². The number of aryl methyl sites for hydroxylation is 2. The zero-order valence-corrected chi connectivity index (χ0v) is 21.2. The van der Waals surface area contributed by atoms with Crippen LogP contribution in [0.1, 0.15) is 63.5 Å². The lowest BCUT2D eigenvalue weighted by molar-refractivity contribution is -0.143. The Kier molecular flexibility index (Phi) is 6.24. The summed E-state index contributed by atoms with van der Waals surface area (Å²) in [4.78, 5) is 42.9. The van der Waals surface area contributed by atoms with Crippen LogP contribution in [-0.4, -0.2) is 52.5 Å². The Hall–Kier alpha value is -2.67. The van der Waals surface area contributed by atoms with Gasteiger partial charge in [-0.3, -0.25) is 14.4 Å². The maximum atomic E-state index is 13.9. The third-order valence-corrected chi connectivity index (χ3v) is 8.65. The summed E-state index contributed by atoms with van der Waals surface area (Å²) in [6.45, 7) is 8.01. The summed E-state index contributed by atoms with van der Waals surface area (Å²) in [5.74, 6) is -1.93. The van der Waals surface area contributed by atoms with Gasteiger partial charge in [-0.25, -0.2) is 0 Å². The molecule has 1 saturated carbocycles. The standard InChI is InChI=1S/C28H37N3O4/c1-5-18(4)31-24(26(33)29-19-9-7-6-8-10-19)28-14-13-21(35-28)22(23(28)27(31)34)25(32)30-20-12-11-16(2)17(3)15-20/h11-15,18-19,21-24H,5-10H2,1-4H3,(H,29,33)(H,30,32)/t18-,21+,22+,23+,24-,28-/m0/s1. The summed E-state index contributed by atoms with van der Waals surface area (Å²) >= 11 is 0. The van der Waals surface area contributed by atoms with E-state index in [0.29, 0.717) is 12.1 Å². The maximum Gasteiger partial charge on any atom is 0.246 e. The molecule has 1 aromatic rings. The number of rotatable bonds is 6. The molecule has 1 aromatic carbocycles. The summed E-state index contributed by atoms with van der Waals surface area (Å²) in [7, 11) is 0. The third kappa shape index (κ3) is 3.88. The van der Waals surface area contributed by atoms with E-state index in [0.717, 1.165) is 36.8 Å². The topological polar surface area (TPSA) is 87.7 Å². The molecule has 3 heterocycles. The highest BCUT2D eigenvalue weighted by Gasteiger charge is 2.73. The minimum atomic E-state index is -1.10. The van der Waals surface area contributed by atoms with Crippen molar-refractivity contribution in [2.45, 2.75) is 96.1 Å². The average Bonchev–Trinajstić information content (AvgIpc) is 3.49. The summed E-state index contributed by atoms with van der Waals surface area (Å²) in [5.41, 5.74) is 1.84. The SMILES string of the molecule is CC[C@H](C)N1C(=O)[C@H]2[C@H](C(=O)Nc3ccc(C)c(C)c3)[C@H]3C=C[C@@]2(O3)[C@@H]1C(=O)NC1CCCCC1. The minimum Gasteiger partial charge on any atom is -0.359 e. The van der Waals surface area contributed by atoms with Crippen LogP contribution in [0.3, 0.4) is 0 Å². The number of carbonyl (C=O) groups excluding carboxylic acids is 3. The van der Waals surface area contributed by atoms with Crippen molar-refractivity contribution in [3.63, 3.8) is 0 Å². The Bertz CT molecular complexity index is 1060. The number of anilines is 1. The molecule has 7 nitrogen and oxygen atoms in total. The van der Waals surface area contributed by atoms with Crippen molar-refractivity contribution in [1.82, 2.24) is 10.2 Å². The first-order valence-corrected chi connectivity index (χ1v) is 13.1. The smallest absolute Gasteiger partial charge is 0.246 e. The molecule has 3 amide bonds. The monoisotopic (exact) mass is 479 g/mol. The van der Waals surface area contributed by atoms with Crippen molar-refractivity contribution in [2.24, 2.45) is 11.8 Å². The van der Waals surface area contributed by atoms with E-state index in [9.17, 15) is 14.4 Å². The molecule has 0 unspecified atom stereocenters. The molecule has 0 radical (unpaired) electrons. The molecule has 35 heavy (non-hydrogen) atoms. The molecule has 0 aromatic heterocycles. The lowest BCUT2D eigenvalue weighted by atomic mass is 9.74. The largest absolute Gasteiger partial charge is 0.359 e. The first kappa shape index (κ1) is 24.0. The highest BCUT2D eigenvalue weighted by Crippen LogP contribution is 2.55. The van der Waals surface area contributed by atoms with Gasteiger partial charge in [0.2, 0.25) is 17.7 Å². The lowest BCUT2D eigenvalue weighted by Gasteiger charge is -2.36.